The minimum absolute atomic E-state index is 0.0628. The number of benzene rings is 2. The number of hydrogen-bond acceptors (Lipinski definition) is 3. The minimum atomic E-state index is -0.430. The Labute approximate surface area is 155 Å². The van der Waals surface area contributed by atoms with Gasteiger partial charge in [0.1, 0.15) is 11.6 Å². The second-order valence-corrected chi connectivity index (χ2v) is 6.17. The van der Waals surface area contributed by atoms with Crippen LogP contribution in [0.4, 0.5) is 15.8 Å². The molecule has 2 aromatic rings. The van der Waals surface area contributed by atoms with Crippen LogP contribution in [-0.2, 0) is 9.59 Å². The molecule has 0 spiro atoms. The Hall–Kier alpha value is -2.64. The molecular weight excluding hydrogens is 361 g/mol. The number of amides is 2. The van der Waals surface area contributed by atoms with Crippen molar-refractivity contribution in [3.05, 3.63) is 53.3 Å². The van der Waals surface area contributed by atoms with E-state index in [1.165, 1.54) is 25.3 Å². The molecule has 6 nitrogen and oxygen atoms in total. The van der Waals surface area contributed by atoms with Crippen molar-refractivity contribution >= 4 is 34.8 Å². The fourth-order valence-electron chi connectivity index (χ4n) is 2.33. The summed E-state index contributed by atoms with van der Waals surface area (Å²) in [6.45, 7) is 0.146. The van der Waals surface area contributed by atoms with Crippen molar-refractivity contribution in [3.63, 3.8) is 0 Å². The van der Waals surface area contributed by atoms with Gasteiger partial charge in [-0.25, -0.2) is 4.39 Å². The molecule has 0 saturated heterocycles. The molecule has 0 aromatic heterocycles. The van der Waals surface area contributed by atoms with Crippen LogP contribution in [0, 0.1) is 5.82 Å². The zero-order valence-electron chi connectivity index (χ0n) is 14.4. The van der Waals surface area contributed by atoms with Gasteiger partial charge in [-0.3, -0.25) is 9.59 Å². The summed E-state index contributed by atoms with van der Waals surface area (Å²) in [7, 11) is 3.22. The standard InChI is InChI=1S/C18H19ClFN3O3/c1-23(10-17(24)21-13-5-3-4-12(20)8-13)11-18(25)22-14-6-7-16(26-2)15(19)9-14/h3-9H,10-11H2,1-2H3,(H,21,24)(H,22,25)/p+1. The Bertz CT molecular complexity index is 801. The van der Waals surface area contributed by atoms with Crippen LogP contribution in [-0.4, -0.2) is 39.1 Å². The predicted molar refractivity (Wildman–Crippen MR) is 98.3 cm³/mol. The van der Waals surface area contributed by atoms with Gasteiger partial charge in [-0.1, -0.05) is 17.7 Å². The fraction of sp³-hybridized carbons (Fsp3) is 0.222. The molecule has 8 heteroatoms. The third kappa shape index (κ3) is 6.02. The average Bonchev–Trinajstić information content (AvgIpc) is 2.54. The third-order valence-corrected chi connectivity index (χ3v) is 3.76. The second kappa shape index (κ2) is 9.17. The number of quaternary nitrogens is 1. The van der Waals surface area contributed by atoms with Gasteiger partial charge in [-0.05, 0) is 36.4 Å². The summed E-state index contributed by atoms with van der Waals surface area (Å²) in [6.07, 6.45) is 0. The summed E-state index contributed by atoms with van der Waals surface area (Å²) in [5, 5.41) is 5.70. The van der Waals surface area contributed by atoms with E-state index in [2.05, 4.69) is 10.6 Å². The molecule has 1 unspecified atom stereocenters. The van der Waals surface area contributed by atoms with Gasteiger partial charge in [0.15, 0.2) is 13.1 Å². The van der Waals surface area contributed by atoms with Gasteiger partial charge < -0.3 is 20.3 Å². The van der Waals surface area contributed by atoms with Gasteiger partial charge in [0, 0.05) is 11.4 Å². The number of ether oxygens (including phenoxy) is 1. The van der Waals surface area contributed by atoms with Gasteiger partial charge in [0.2, 0.25) is 0 Å². The predicted octanol–water partition coefficient (Wildman–Crippen LogP) is 1.58. The van der Waals surface area contributed by atoms with Crippen LogP contribution < -0.4 is 20.3 Å². The summed E-state index contributed by atoms with van der Waals surface area (Å²) in [5.74, 6) is -0.488. The molecule has 2 amide bonds. The van der Waals surface area contributed by atoms with Gasteiger partial charge in [-0.2, -0.15) is 0 Å². The molecule has 2 rings (SSSR count). The van der Waals surface area contributed by atoms with Crippen LogP contribution in [0.3, 0.4) is 0 Å². The van der Waals surface area contributed by atoms with Crippen LogP contribution in [0.2, 0.25) is 5.02 Å². The van der Waals surface area contributed by atoms with Crippen molar-refractivity contribution in [2.75, 3.05) is 37.9 Å². The van der Waals surface area contributed by atoms with E-state index in [0.717, 1.165) is 0 Å². The maximum atomic E-state index is 13.1. The normalized spacial score (nSPS) is 11.5. The van der Waals surface area contributed by atoms with Crippen molar-refractivity contribution in [2.45, 2.75) is 0 Å². The Morgan fingerprint density at radius 3 is 2.23 bits per heavy atom. The fourth-order valence-corrected chi connectivity index (χ4v) is 2.59. The van der Waals surface area contributed by atoms with Crippen LogP contribution in [0.5, 0.6) is 5.75 Å². The van der Waals surface area contributed by atoms with Crippen LogP contribution in [0.25, 0.3) is 0 Å². The third-order valence-electron chi connectivity index (χ3n) is 3.47. The lowest BCUT2D eigenvalue weighted by molar-refractivity contribution is -0.862. The van der Waals surface area contributed by atoms with Crippen molar-refractivity contribution in [3.8, 4) is 5.75 Å². The SMILES string of the molecule is COc1ccc(NC(=O)C[NH+](C)CC(=O)Nc2cccc(F)c2)cc1Cl. The molecule has 0 bridgehead atoms. The van der Waals surface area contributed by atoms with Gasteiger partial charge in [-0.15, -0.1) is 0 Å². The van der Waals surface area contributed by atoms with E-state index in [-0.39, 0.29) is 24.9 Å². The molecule has 138 valence electrons. The van der Waals surface area contributed by atoms with Crippen molar-refractivity contribution in [1.82, 2.24) is 0 Å². The van der Waals surface area contributed by atoms with Crippen molar-refractivity contribution in [1.29, 1.82) is 0 Å². The summed E-state index contributed by atoms with van der Waals surface area (Å²) >= 11 is 6.01. The summed E-state index contributed by atoms with van der Waals surface area (Å²) in [4.78, 5) is 24.7. The summed E-state index contributed by atoms with van der Waals surface area (Å²) in [5.41, 5.74) is 0.915. The highest BCUT2D eigenvalue weighted by Gasteiger charge is 2.15. The lowest BCUT2D eigenvalue weighted by Gasteiger charge is -2.14. The zero-order chi connectivity index (χ0) is 19.1. The first-order valence-corrected chi connectivity index (χ1v) is 8.25. The molecule has 0 saturated carbocycles. The Kier molecular flexibility index (Phi) is 6.94. The van der Waals surface area contributed by atoms with Gasteiger partial charge >= 0.3 is 0 Å². The summed E-state index contributed by atoms with van der Waals surface area (Å²) < 4.78 is 18.2. The Morgan fingerprint density at radius 1 is 1.08 bits per heavy atom. The van der Waals surface area contributed by atoms with Gasteiger partial charge in [0.25, 0.3) is 11.8 Å². The van der Waals surface area contributed by atoms with Crippen LogP contribution >= 0.6 is 11.6 Å². The minimum Gasteiger partial charge on any atom is -0.495 e. The quantitative estimate of drug-likeness (QED) is 0.683. The molecule has 26 heavy (non-hydrogen) atoms. The van der Waals surface area contributed by atoms with Gasteiger partial charge in [0.05, 0.1) is 19.2 Å². The van der Waals surface area contributed by atoms with Crippen LogP contribution in [0.15, 0.2) is 42.5 Å². The first-order valence-electron chi connectivity index (χ1n) is 7.87. The van der Waals surface area contributed by atoms with E-state index in [1.54, 1.807) is 31.3 Å². The number of likely N-dealkylation sites (N-methyl/N-ethyl adjacent to an activating group) is 1. The maximum Gasteiger partial charge on any atom is 0.279 e. The number of nitrogens with one attached hydrogen (secondary N) is 3. The number of hydrogen-bond donors (Lipinski definition) is 3. The number of carbonyl (C=O) groups excluding carboxylic acids is 2. The highest BCUT2D eigenvalue weighted by Crippen LogP contribution is 2.27. The number of anilines is 2. The molecule has 1 atom stereocenters. The molecule has 0 fully saturated rings. The van der Waals surface area contributed by atoms with E-state index >= 15 is 0 Å². The number of rotatable bonds is 7. The van der Waals surface area contributed by atoms with E-state index < -0.39 is 5.82 Å². The number of methoxy groups -OCH3 is 1. The molecule has 3 N–H and O–H groups in total. The Morgan fingerprint density at radius 2 is 1.69 bits per heavy atom. The van der Waals surface area contributed by atoms with Crippen LogP contribution in [0.1, 0.15) is 0 Å². The highest BCUT2D eigenvalue weighted by molar-refractivity contribution is 6.32. The van der Waals surface area contributed by atoms with Crippen molar-refractivity contribution < 1.29 is 23.6 Å². The molecule has 0 aliphatic heterocycles. The first-order chi connectivity index (χ1) is 12.4. The molecule has 2 aromatic carbocycles. The molecule has 0 heterocycles. The maximum absolute atomic E-state index is 13.1. The lowest BCUT2D eigenvalue weighted by atomic mass is 10.3. The lowest BCUT2D eigenvalue weighted by Crippen LogP contribution is -3.11. The summed E-state index contributed by atoms with van der Waals surface area (Å²) in [6, 6.07) is 10.5. The Balaban J connectivity index is 1.82. The number of halogens is 2. The van der Waals surface area contributed by atoms with E-state index in [4.69, 9.17) is 16.3 Å². The number of carbonyl (C=O) groups is 2. The monoisotopic (exact) mass is 380 g/mol. The van der Waals surface area contributed by atoms with E-state index in [9.17, 15) is 14.0 Å². The zero-order valence-corrected chi connectivity index (χ0v) is 15.2. The second-order valence-electron chi connectivity index (χ2n) is 5.77. The van der Waals surface area contributed by atoms with E-state index in [0.29, 0.717) is 27.0 Å². The molecule has 0 radical (unpaired) electrons. The highest BCUT2D eigenvalue weighted by atomic mass is 35.5. The topological polar surface area (TPSA) is 71.9 Å². The smallest absolute Gasteiger partial charge is 0.279 e. The first kappa shape index (κ1) is 19.7. The van der Waals surface area contributed by atoms with Crippen molar-refractivity contribution in [2.24, 2.45) is 0 Å². The average molecular weight is 381 g/mol. The largest absolute Gasteiger partial charge is 0.495 e. The molecule has 0 aliphatic rings. The molecular formula is C18H20ClFN3O3+. The van der Waals surface area contributed by atoms with E-state index in [1.807, 2.05) is 0 Å². The molecule has 0 aliphatic carbocycles.